The number of ether oxygens (including phenoxy) is 1. The Morgan fingerprint density at radius 2 is 1.77 bits per heavy atom. The second kappa shape index (κ2) is 3.25. The van der Waals surface area contributed by atoms with Gasteiger partial charge in [0.2, 0.25) is 0 Å². The fourth-order valence-electron chi connectivity index (χ4n) is 3.07. The Balaban J connectivity index is 2.04. The molecule has 0 aromatic heterocycles. The minimum Gasteiger partial charge on any atom is -0.370 e. The minimum atomic E-state index is 0.565. The van der Waals surface area contributed by atoms with Gasteiger partial charge in [0.15, 0.2) is 0 Å². The topological polar surface area (TPSA) is 9.23 Å². The molecule has 2 rings (SSSR count). The lowest BCUT2D eigenvalue weighted by atomic mass is 9.82. The lowest BCUT2D eigenvalue weighted by Crippen LogP contribution is -2.61. The summed E-state index contributed by atoms with van der Waals surface area (Å²) in [5.41, 5.74) is 0.565. The molecule has 0 radical (unpaired) electrons. The molecule has 0 amide bonds. The van der Waals surface area contributed by atoms with Gasteiger partial charge in [-0.25, -0.2) is 0 Å². The van der Waals surface area contributed by atoms with Crippen molar-refractivity contribution in [3.63, 3.8) is 0 Å². The summed E-state index contributed by atoms with van der Waals surface area (Å²) < 4.78 is 6.79. The van der Waals surface area contributed by atoms with Gasteiger partial charge in [-0.15, -0.1) is 0 Å². The van der Waals surface area contributed by atoms with Gasteiger partial charge in [-0.3, -0.25) is 0 Å². The maximum Gasteiger partial charge on any atom is 0.102 e. The van der Waals surface area contributed by atoms with Gasteiger partial charge in [-0.1, -0.05) is 13.8 Å². The Hall–Kier alpha value is -0.0800. The summed E-state index contributed by atoms with van der Waals surface area (Å²) >= 11 is 0. The first-order chi connectivity index (χ1) is 6.12. The molecule has 0 aliphatic carbocycles. The molecule has 2 saturated heterocycles. The largest absolute Gasteiger partial charge is 0.370 e. The molecular weight excluding hydrogens is 162 g/mol. The van der Waals surface area contributed by atoms with Crippen molar-refractivity contribution in [3.8, 4) is 0 Å². The zero-order valence-corrected chi connectivity index (χ0v) is 9.01. The molecule has 0 atom stereocenters. The maximum absolute atomic E-state index is 5.45. The molecule has 0 aromatic rings. The standard InChI is InChI=1S/C11H22NO/c1-11(2)4-3-5-12(10-11)6-8-13-9-7-12/h3-10H2,1-2H3/q+1. The van der Waals surface area contributed by atoms with Crippen LogP contribution in [0, 0.1) is 5.41 Å². The number of hydrogen-bond acceptors (Lipinski definition) is 1. The third-order valence-electron chi connectivity index (χ3n) is 3.67. The first-order valence-corrected chi connectivity index (χ1v) is 5.55. The molecule has 2 heteroatoms. The SMILES string of the molecule is CC1(C)CCC[N+]2(CCOCC2)C1. The van der Waals surface area contributed by atoms with E-state index in [9.17, 15) is 0 Å². The lowest BCUT2D eigenvalue weighted by Gasteiger charge is -2.49. The summed E-state index contributed by atoms with van der Waals surface area (Å²) in [4.78, 5) is 0. The molecule has 13 heavy (non-hydrogen) atoms. The van der Waals surface area contributed by atoms with Crippen LogP contribution in [0.25, 0.3) is 0 Å². The van der Waals surface area contributed by atoms with Gasteiger partial charge >= 0.3 is 0 Å². The monoisotopic (exact) mass is 184 g/mol. The van der Waals surface area contributed by atoms with Crippen LogP contribution in [0.5, 0.6) is 0 Å². The molecule has 2 nitrogen and oxygen atoms in total. The Morgan fingerprint density at radius 3 is 2.38 bits per heavy atom. The van der Waals surface area contributed by atoms with Crippen LogP contribution in [0.4, 0.5) is 0 Å². The van der Waals surface area contributed by atoms with Crippen molar-refractivity contribution >= 4 is 0 Å². The van der Waals surface area contributed by atoms with Crippen LogP contribution in [0.1, 0.15) is 26.7 Å². The number of piperidine rings is 1. The molecule has 0 N–H and O–H groups in total. The third-order valence-corrected chi connectivity index (χ3v) is 3.67. The Labute approximate surface area is 81.5 Å². The van der Waals surface area contributed by atoms with Crippen LogP contribution in [-0.2, 0) is 4.74 Å². The predicted octanol–water partition coefficient (Wildman–Crippen LogP) is 1.65. The second-order valence-electron chi connectivity index (χ2n) is 5.55. The predicted molar refractivity (Wildman–Crippen MR) is 53.6 cm³/mol. The van der Waals surface area contributed by atoms with Gasteiger partial charge in [0.05, 0.1) is 26.3 Å². The molecular formula is C11H22NO+. The maximum atomic E-state index is 5.45. The zero-order chi connectivity index (χ0) is 9.36. The van der Waals surface area contributed by atoms with Crippen molar-refractivity contribution in [1.29, 1.82) is 0 Å². The fourth-order valence-corrected chi connectivity index (χ4v) is 3.07. The van der Waals surface area contributed by atoms with Crippen molar-refractivity contribution in [2.75, 3.05) is 39.4 Å². The first-order valence-electron chi connectivity index (χ1n) is 5.55. The summed E-state index contributed by atoms with van der Waals surface area (Å²) in [6.07, 6.45) is 2.82. The summed E-state index contributed by atoms with van der Waals surface area (Å²) in [5, 5.41) is 0. The zero-order valence-electron chi connectivity index (χ0n) is 9.01. The van der Waals surface area contributed by atoms with E-state index < -0.39 is 0 Å². The van der Waals surface area contributed by atoms with Gasteiger partial charge in [-0.05, 0) is 12.8 Å². The number of nitrogens with zero attached hydrogens (tertiary/aromatic N) is 1. The van der Waals surface area contributed by atoms with Crippen LogP contribution in [0.15, 0.2) is 0 Å². The lowest BCUT2D eigenvalue weighted by molar-refractivity contribution is -0.945. The Kier molecular flexibility index (Phi) is 2.37. The summed E-state index contributed by atoms with van der Waals surface area (Å²) in [5.74, 6) is 0. The molecule has 0 aromatic carbocycles. The van der Waals surface area contributed by atoms with Crippen molar-refractivity contribution in [3.05, 3.63) is 0 Å². The normalized spacial score (nSPS) is 31.8. The van der Waals surface area contributed by atoms with Gasteiger partial charge < -0.3 is 9.22 Å². The van der Waals surface area contributed by atoms with Crippen LogP contribution in [0.3, 0.4) is 0 Å². The van der Waals surface area contributed by atoms with E-state index in [0.29, 0.717) is 5.41 Å². The van der Waals surface area contributed by atoms with E-state index in [0.717, 1.165) is 13.2 Å². The smallest absolute Gasteiger partial charge is 0.102 e. The number of quaternary nitrogens is 1. The van der Waals surface area contributed by atoms with E-state index in [1.54, 1.807) is 0 Å². The van der Waals surface area contributed by atoms with E-state index in [2.05, 4.69) is 13.8 Å². The van der Waals surface area contributed by atoms with E-state index in [-0.39, 0.29) is 0 Å². The van der Waals surface area contributed by atoms with Crippen LogP contribution in [0.2, 0.25) is 0 Å². The average molecular weight is 184 g/mol. The van der Waals surface area contributed by atoms with Crippen molar-refractivity contribution in [2.24, 2.45) is 5.41 Å². The van der Waals surface area contributed by atoms with Gasteiger partial charge in [0.1, 0.15) is 13.1 Å². The number of morpholine rings is 1. The number of hydrogen-bond donors (Lipinski definition) is 0. The average Bonchev–Trinajstić information content (AvgIpc) is 2.03. The van der Waals surface area contributed by atoms with E-state index in [1.165, 1.54) is 43.5 Å². The highest BCUT2D eigenvalue weighted by atomic mass is 16.5. The molecule has 2 aliphatic rings. The quantitative estimate of drug-likeness (QED) is 0.520. The molecule has 2 heterocycles. The van der Waals surface area contributed by atoms with Crippen LogP contribution < -0.4 is 0 Å². The summed E-state index contributed by atoms with van der Waals surface area (Å²) in [6.45, 7) is 12.1. The fraction of sp³-hybridized carbons (Fsp3) is 1.00. The highest BCUT2D eigenvalue weighted by molar-refractivity contribution is 4.73. The van der Waals surface area contributed by atoms with Crippen molar-refractivity contribution < 1.29 is 9.22 Å². The van der Waals surface area contributed by atoms with E-state index in [1.807, 2.05) is 0 Å². The second-order valence-corrected chi connectivity index (χ2v) is 5.55. The molecule has 76 valence electrons. The summed E-state index contributed by atoms with van der Waals surface area (Å²) in [7, 11) is 0. The Bertz CT molecular complexity index is 177. The van der Waals surface area contributed by atoms with Gasteiger partial charge in [0, 0.05) is 5.41 Å². The third kappa shape index (κ3) is 2.05. The van der Waals surface area contributed by atoms with Crippen LogP contribution >= 0.6 is 0 Å². The van der Waals surface area contributed by atoms with E-state index >= 15 is 0 Å². The van der Waals surface area contributed by atoms with Gasteiger partial charge in [-0.2, -0.15) is 0 Å². The van der Waals surface area contributed by atoms with E-state index in [4.69, 9.17) is 4.74 Å². The van der Waals surface area contributed by atoms with Crippen LogP contribution in [-0.4, -0.2) is 43.9 Å². The highest BCUT2D eigenvalue weighted by Crippen LogP contribution is 2.33. The summed E-state index contributed by atoms with van der Waals surface area (Å²) in [6, 6.07) is 0. The molecule has 1 spiro atoms. The molecule has 0 bridgehead atoms. The molecule has 0 unspecified atom stereocenters. The molecule has 2 aliphatic heterocycles. The van der Waals surface area contributed by atoms with Crippen molar-refractivity contribution in [1.82, 2.24) is 0 Å². The Morgan fingerprint density at radius 1 is 1.08 bits per heavy atom. The minimum absolute atomic E-state index is 0.565. The first kappa shape index (κ1) is 9.47. The molecule has 0 saturated carbocycles. The highest BCUT2D eigenvalue weighted by Gasteiger charge is 2.40. The van der Waals surface area contributed by atoms with Gasteiger partial charge in [0.25, 0.3) is 0 Å². The van der Waals surface area contributed by atoms with Crippen molar-refractivity contribution in [2.45, 2.75) is 26.7 Å². The number of rotatable bonds is 0. The molecule has 2 fully saturated rings.